The van der Waals surface area contributed by atoms with Crippen molar-refractivity contribution in [1.82, 2.24) is 0 Å². The Kier molecular flexibility index (Phi) is 6.22. The van der Waals surface area contributed by atoms with Crippen LogP contribution in [0.1, 0.15) is 19.8 Å². The monoisotopic (exact) mass is 391 g/mol. The fraction of sp³-hybridized carbons (Fsp3) is 0.280. The Balaban J connectivity index is 1.82. The van der Waals surface area contributed by atoms with Crippen molar-refractivity contribution in [3.63, 3.8) is 0 Å². The molecule has 0 bridgehead atoms. The quantitative estimate of drug-likeness (QED) is 0.551. The molecule has 0 saturated carbocycles. The summed E-state index contributed by atoms with van der Waals surface area (Å²) in [5.41, 5.74) is 0.479. The van der Waals surface area contributed by atoms with Crippen LogP contribution in [0.3, 0.4) is 0 Å². The average Bonchev–Trinajstić information content (AvgIpc) is 3.29. The molecule has 3 heteroatoms. The van der Waals surface area contributed by atoms with Gasteiger partial charge < -0.3 is 9.47 Å². The first kappa shape index (κ1) is 19.3. The molecule has 0 aliphatic carbocycles. The lowest BCUT2D eigenvalue weighted by molar-refractivity contribution is -0.0475. The normalized spacial score (nSPS) is 16.2. The summed E-state index contributed by atoms with van der Waals surface area (Å²) in [6.45, 7) is 3.85. The summed E-state index contributed by atoms with van der Waals surface area (Å²) in [6.07, 6.45) is 1.96. The van der Waals surface area contributed by atoms with Crippen LogP contribution in [0.5, 0.6) is 0 Å². The molecule has 1 unspecified atom stereocenters. The minimum absolute atomic E-state index is 0.0494. The molecule has 0 amide bonds. The van der Waals surface area contributed by atoms with Gasteiger partial charge in [0.05, 0.1) is 18.9 Å². The van der Waals surface area contributed by atoms with Gasteiger partial charge in [-0.3, -0.25) is 0 Å². The van der Waals surface area contributed by atoms with Crippen LogP contribution in [-0.2, 0) is 9.47 Å². The zero-order chi connectivity index (χ0) is 19.2. The van der Waals surface area contributed by atoms with Gasteiger partial charge in [0.2, 0.25) is 0 Å². The second kappa shape index (κ2) is 9.01. The second-order valence-electron chi connectivity index (χ2n) is 7.33. The first-order valence-corrected chi connectivity index (χ1v) is 12.0. The third-order valence-electron chi connectivity index (χ3n) is 5.66. The first-order valence-electron chi connectivity index (χ1n) is 10.1. The van der Waals surface area contributed by atoms with E-state index in [0.717, 1.165) is 26.1 Å². The van der Waals surface area contributed by atoms with Crippen molar-refractivity contribution in [3.05, 3.63) is 91.0 Å². The van der Waals surface area contributed by atoms with E-state index in [4.69, 9.17) is 9.47 Å². The van der Waals surface area contributed by atoms with E-state index in [9.17, 15) is 0 Å². The van der Waals surface area contributed by atoms with Gasteiger partial charge in [0.15, 0.2) is 6.29 Å². The van der Waals surface area contributed by atoms with Crippen molar-refractivity contribution in [1.29, 1.82) is 0 Å². The highest BCUT2D eigenvalue weighted by Crippen LogP contribution is 2.60. The highest BCUT2D eigenvalue weighted by atomic mass is 31.2. The predicted octanol–water partition coefficient (Wildman–Crippen LogP) is 4.52. The van der Waals surface area contributed by atoms with Crippen LogP contribution < -0.4 is 15.9 Å². The average molecular weight is 391 g/mol. The number of ether oxygens (including phenoxy) is 2. The summed E-state index contributed by atoms with van der Waals surface area (Å²) in [5.74, 6) is 0. The Morgan fingerprint density at radius 2 is 1.11 bits per heavy atom. The number of hydrogen-bond donors (Lipinski definition) is 0. The standard InChI is InChI=1S/C25H28O2P/c1-21(17-18-25-26-19-20-27-25)28(22-11-5-2-6-12-22,23-13-7-3-8-14-23)24-15-9-4-10-16-24/h2-16,21,25H,17-20H2,1H3/q+1. The molecule has 3 aromatic carbocycles. The van der Waals surface area contributed by atoms with Crippen LogP contribution in [0.4, 0.5) is 0 Å². The maximum Gasteiger partial charge on any atom is 0.157 e. The summed E-state index contributed by atoms with van der Waals surface area (Å²) >= 11 is 0. The van der Waals surface area contributed by atoms with E-state index in [1.807, 2.05) is 0 Å². The zero-order valence-corrected chi connectivity index (χ0v) is 17.3. The summed E-state index contributed by atoms with van der Waals surface area (Å²) in [5, 5.41) is 4.31. The molecule has 1 aliphatic heterocycles. The van der Waals surface area contributed by atoms with E-state index < -0.39 is 7.26 Å². The number of benzene rings is 3. The van der Waals surface area contributed by atoms with Crippen LogP contribution in [-0.4, -0.2) is 25.2 Å². The van der Waals surface area contributed by atoms with E-state index in [1.165, 1.54) is 15.9 Å². The van der Waals surface area contributed by atoms with Crippen LogP contribution in [0.2, 0.25) is 0 Å². The van der Waals surface area contributed by atoms with Gasteiger partial charge >= 0.3 is 0 Å². The molecule has 0 N–H and O–H groups in total. The van der Waals surface area contributed by atoms with Crippen molar-refractivity contribution in [2.24, 2.45) is 0 Å². The predicted molar refractivity (Wildman–Crippen MR) is 120 cm³/mol. The fourth-order valence-corrected chi connectivity index (χ4v) is 9.23. The van der Waals surface area contributed by atoms with Gasteiger partial charge in [-0.15, -0.1) is 0 Å². The van der Waals surface area contributed by atoms with Crippen LogP contribution >= 0.6 is 7.26 Å². The van der Waals surface area contributed by atoms with Crippen molar-refractivity contribution in [2.45, 2.75) is 31.7 Å². The molecule has 1 heterocycles. The van der Waals surface area contributed by atoms with E-state index in [2.05, 4.69) is 97.9 Å². The maximum absolute atomic E-state index is 5.72. The Morgan fingerprint density at radius 1 is 0.714 bits per heavy atom. The van der Waals surface area contributed by atoms with Crippen molar-refractivity contribution in [3.8, 4) is 0 Å². The molecule has 0 radical (unpaired) electrons. The van der Waals surface area contributed by atoms with E-state index in [-0.39, 0.29) is 6.29 Å². The van der Waals surface area contributed by atoms with Gasteiger partial charge in [-0.1, -0.05) is 54.6 Å². The Bertz CT molecular complexity index is 749. The SMILES string of the molecule is CC(CCC1OCCO1)[P+](c1ccccc1)(c1ccccc1)c1ccccc1. The molecule has 0 aromatic heterocycles. The number of hydrogen-bond acceptors (Lipinski definition) is 2. The molecule has 144 valence electrons. The summed E-state index contributed by atoms with van der Waals surface area (Å²) < 4.78 is 11.4. The first-order chi connectivity index (χ1) is 13.8. The lowest BCUT2D eigenvalue weighted by Crippen LogP contribution is -2.38. The largest absolute Gasteiger partial charge is 0.350 e. The lowest BCUT2D eigenvalue weighted by Gasteiger charge is -2.33. The third kappa shape index (κ3) is 3.78. The Hall–Kier alpha value is -1.99. The van der Waals surface area contributed by atoms with Crippen LogP contribution in [0.15, 0.2) is 91.0 Å². The molecule has 4 rings (SSSR count). The van der Waals surface area contributed by atoms with E-state index in [1.54, 1.807) is 0 Å². The summed E-state index contributed by atoms with van der Waals surface area (Å²) in [7, 11) is -1.81. The maximum atomic E-state index is 5.72. The minimum Gasteiger partial charge on any atom is -0.350 e. The molecule has 3 aromatic rings. The smallest absolute Gasteiger partial charge is 0.157 e. The van der Waals surface area contributed by atoms with Crippen LogP contribution in [0, 0.1) is 0 Å². The lowest BCUT2D eigenvalue weighted by atomic mass is 10.2. The highest BCUT2D eigenvalue weighted by Gasteiger charge is 2.50. The highest BCUT2D eigenvalue weighted by molar-refractivity contribution is 7.96. The molecule has 1 fully saturated rings. The molecule has 1 saturated heterocycles. The zero-order valence-electron chi connectivity index (χ0n) is 16.4. The van der Waals surface area contributed by atoms with Gasteiger partial charge in [-0.25, -0.2) is 0 Å². The number of rotatable bonds is 7. The van der Waals surface area contributed by atoms with Gasteiger partial charge in [0.25, 0.3) is 0 Å². The summed E-state index contributed by atoms with van der Waals surface area (Å²) in [4.78, 5) is 0. The molecule has 28 heavy (non-hydrogen) atoms. The second-order valence-corrected chi connectivity index (χ2v) is 11.2. The minimum atomic E-state index is -1.81. The molecule has 2 nitrogen and oxygen atoms in total. The van der Waals surface area contributed by atoms with E-state index >= 15 is 0 Å². The molecule has 0 spiro atoms. The molecular weight excluding hydrogens is 363 g/mol. The van der Waals surface area contributed by atoms with Gasteiger partial charge in [-0.05, 0) is 49.7 Å². The topological polar surface area (TPSA) is 18.5 Å². The van der Waals surface area contributed by atoms with Crippen molar-refractivity contribution in [2.75, 3.05) is 13.2 Å². The molecule has 1 atom stereocenters. The van der Waals surface area contributed by atoms with Gasteiger partial charge in [0, 0.05) is 6.42 Å². The summed E-state index contributed by atoms with van der Waals surface area (Å²) in [6, 6.07) is 33.2. The van der Waals surface area contributed by atoms with Crippen molar-refractivity contribution < 1.29 is 9.47 Å². The van der Waals surface area contributed by atoms with Gasteiger partial charge in [-0.2, -0.15) is 0 Å². The Labute approximate surface area is 168 Å². The third-order valence-corrected chi connectivity index (χ3v) is 10.6. The molecule has 1 aliphatic rings. The van der Waals surface area contributed by atoms with Crippen LogP contribution in [0.25, 0.3) is 0 Å². The van der Waals surface area contributed by atoms with Gasteiger partial charge in [0.1, 0.15) is 23.2 Å². The molecular formula is C25H28O2P+. The Morgan fingerprint density at radius 3 is 1.50 bits per heavy atom. The fourth-order valence-electron chi connectivity index (χ4n) is 4.34. The van der Waals surface area contributed by atoms with E-state index in [0.29, 0.717) is 5.66 Å². The van der Waals surface area contributed by atoms with Crippen molar-refractivity contribution >= 4 is 23.2 Å².